The number of hydrogen-bond donors (Lipinski definition) is 0. The molecule has 70 heavy (non-hydrogen) atoms. The van der Waals surface area contributed by atoms with Gasteiger partial charge in [-0.05, 0) is 57.6 Å². The number of aromatic nitrogens is 5. The third-order valence-electron chi connectivity index (χ3n) is 14.3. The lowest BCUT2D eigenvalue weighted by Crippen LogP contribution is -2.29. The number of fused-ring (bicyclic) bond motifs is 6. The third-order valence-corrected chi connectivity index (χ3v) is 14.3. The first-order valence-corrected chi connectivity index (χ1v) is 24.0. The van der Waals surface area contributed by atoms with Gasteiger partial charge in [-0.2, -0.15) is 0 Å². The quantitative estimate of drug-likeness (QED) is 0.151. The minimum Gasteiger partial charge on any atom is -0.333 e. The van der Waals surface area contributed by atoms with Crippen LogP contribution in [0, 0.1) is 0 Å². The number of nitrogens with zero attached hydrogens (tertiary/aromatic N) is 6. The Morgan fingerprint density at radius 1 is 0.414 bits per heavy atom. The Bertz CT molecular complexity index is 3560. The van der Waals surface area contributed by atoms with E-state index >= 15 is 0 Å². The zero-order valence-corrected chi connectivity index (χ0v) is 38.8. The topological polar surface area (TPSA) is 67.7 Å². The number of benzene rings is 8. The van der Waals surface area contributed by atoms with Gasteiger partial charge in [-0.25, -0.2) is 24.9 Å². The van der Waals surface area contributed by atoms with Crippen LogP contribution in [0.1, 0.15) is 42.3 Å². The Balaban J connectivity index is 0.982. The van der Waals surface area contributed by atoms with E-state index in [1.165, 1.54) is 33.5 Å². The maximum Gasteiger partial charge on any atom is 0.164 e. The highest BCUT2D eigenvalue weighted by molar-refractivity contribution is 5.93. The molecular formula is C64H46N6. The fourth-order valence-corrected chi connectivity index (χ4v) is 10.8. The molecule has 0 spiro atoms. The minimum atomic E-state index is -0.179. The van der Waals surface area contributed by atoms with Crippen LogP contribution < -0.4 is 4.90 Å². The van der Waals surface area contributed by atoms with Gasteiger partial charge in [0.1, 0.15) is 0 Å². The van der Waals surface area contributed by atoms with Gasteiger partial charge >= 0.3 is 0 Å². The summed E-state index contributed by atoms with van der Waals surface area (Å²) in [6.07, 6.45) is 6.94. The van der Waals surface area contributed by atoms with E-state index in [9.17, 15) is 0 Å². The molecule has 2 atom stereocenters. The summed E-state index contributed by atoms with van der Waals surface area (Å²) in [5, 5.41) is 0. The molecular weight excluding hydrogens is 853 g/mol. The highest BCUT2D eigenvalue weighted by atomic mass is 15.2. The second kappa shape index (κ2) is 16.7. The molecule has 2 aromatic heterocycles. The van der Waals surface area contributed by atoms with Crippen molar-refractivity contribution < 1.29 is 0 Å². The molecule has 332 valence electrons. The van der Waals surface area contributed by atoms with Gasteiger partial charge in [0.15, 0.2) is 23.3 Å². The number of anilines is 2. The zero-order valence-electron chi connectivity index (χ0n) is 38.8. The average Bonchev–Trinajstić information content (AvgIpc) is 3.87. The van der Waals surface area contributed by atoms with E-state index in [1.54, 1.807) is 0 Å². The summed E-state index contributed by atoms with van der Waals surface area (Å²) in [7, 11) is 0. The average molecular weight is 899 g/mol. The van der Waals surface area contributed by atoms with Gasteiger partial charge in [0.2, 0.25) is 0 Å². The van der Waals surface area contributed by atoms with Crippen molar-refractivity contribution in [1.29, 1.82) is 0 Å². The summed E-state index contributed by atoms with van der Waals surface area (Å²) in [5.41, 5.74) is 18.3. The molecule has 2 unspecified atom stereocenters. The van der Waals surface area contributed by atoms with Crippen LogP contribution >= 0.6 is 0 Å². The van der Waals surface area contributed by atoms with Crippen LogP contribution in [0.15, 0.2) is 231 Å². The molecule has 0 saturated heterocycles. The third kappa shape index (κ3) is 6.99. The van der Waals surface area contributed by atoms with Crippen molar-refractivity contribution in [3.8, 4) is 78.9 Å². The SMILES string of the molecule is CC1(C)c2ccccc2-c2cc3c(cc21)N(c1cccc(-c2nc(-c4ccccc4)c(-c4ccccc4)c(-c4ccccc4)n2)c1)C1C=CC(c2nc(-c4ccccc4)nc(-c4ccccc4)n2)=CC31. The highest BCUT2D eigenvalue weighted by Gasteiger charge is 2.43. The Morgan fingerprint density at radius 2 is 0.914 bits per heavy atom. The lowest BCUT2D eigenvalue weighted by Gasteiger charge is -2.30. The standard InChI is InChI=1S/C64H46N6/c1-64(2)53-34-19-18-33-49(53)50-39-52-51-38-47(63-68-60(44-27-14-6-15-28-44)67-61(69-63)45-29-16-7-17-30-45)35-36-55(51)70(56(52)40-54(50)64)48-32-20-31-46(37-48)62-65-58(42-23-10-4-11-24-42)57(41-21-8-3-9-22-41)59(66-62)43-25-12-5-13-26-43/h3-40,51,55H,1-2H3. The van der Waals surface area contributed by atoms with E-state index in [4.69, 9.17) is 24.9 Å². The molecule has 3 heterocycles. The number of allylic oxidation sites excluding steroid dienone is 2. The molecule has 8 aromatic carbocycles. The molecule has 6 heteroatoms. The summed E-state index contributed by atoms with van der Waals surface area (Å²) in [6, 6.07) is 74.5. The molecule has 0 bridgehead atoms. The molecule has 2 aliphatic carbocycles. The van der Waals surface area contributed by atoms with Crippen molar-refractivity contribution in [3.63, 3.8) is 0 Å². The second-order valence-corrected chi connectivity index (χ2v) is 18.8. The second-order valence-electron chi connectivity index (χ2n) is 18.8. The lowest BCUT2D eigenvalue weighted by molar-refractivity contribution is 0.660. The van der Waals surface area contributed by atoms with Gasteiger partial charge in [-0.3, -0.25) is 0 Å². The summed E-state index contributed by atoms with van der Waals surface area (Å²) < 4.78 is 0. The van der Waals surface area contributed by atoms with Gasteiger partial charge < -0.3 is 4.90 Å². The Morgan fingerprint density at radius 3 is 1.51 bits per heavy atom. The largest absolute Gasteiger partial charge is 0.333 e. The van der Waals surface area contributed by atoms with Gasteiger partial charge in [0.05, 0.1) is 17.4 Å². The Hall–Kier alpha value is -8.87. The molecule has 3 aliphatic rings. The van der Waals surface area contributed by atoms with Crippen molar-refractivity contribution in [3.05, 3.63) is 253 Å². The van der Waals surface area contributed by atoms with Gasteiger partial charge in [-0.15, -0.1) is 0 Å². The molecule has 13 rings (SSSR count). The van der Waals surface area contributed by atoms with E-state index in [0.29, 0.717) is 23.3 Å². The van der Waals surface area contributed by atoms with Crippen LogP contribution in [0.5, 0.6) is 0 Å². The first-order valence-electron chi connectivity index (χ1n) is 24.0. The summed E-state index contributed by atoms with van der Waals surface area (Å²) in [4.78, 5) is 28.8. The summed E-state index contributed by atoms with van der Waals surface area (Å²) in [5.74, 6) is 2.60. The fourth-order valence-electron chi connectivity index (χ4n) is 10.8. The minimum absolute atomic E-state index is 0.00674. The molecule has 1 aliphatic heterocycles. The molecule has 6 nitrogen and oxygen atoms in total. The van der Waals surface area contributed by atoms with Crippen LogP contribution in [0.2, 0.25) is 0 Å². The molecule has 0 radical (unpaired) electrons. The normalized spacial score (nSPS) is 16.0. The maximum absolute atomic E-state index is 5.49. The predicted molar refractivity (Wildman–Crippen MR) is 284 cm³/mol. The van der Waals surface area contributed by atoms with E-state index in [-0.39, 0.29) is 17.4 Å². The summed E-state index contributed by atoms with van der Waals surface area (Å²) >= 11 is 0. The van der Waals surface area contributed by atoms with Crippen LogP contribution in [0.25, 0.3) is 84.5 Å². The summed E-state index contributed by atoms with van der Waals surface area (Å²) in [6.45, 7) is 4.71. The van der Waals surface area contributed by atoms with E-state index < -0.39 is 0 Å². The smallest absolute Gasteiger partial charge is 0.164 e. The monoisotopic (exact) mass is 898 g/mol. The van der Waals surface area contributed by atoms with Crippen LogP contribution in [-0.4, -0.2) is 31.0 Å². The first-order chi connectivity index (χ1) is 34.5. The van der Waals surface area contributed by atoms with Crippen molar-refractivity contribution in [2.75, 3.05) is 4.90 Å². The predicted octanol–water partition coefficient (Wildman–Crippen LogP) is 15.2. The number of rotatable bonds is 8. The molecule has 0 saturated carbocycles. The van der Waals surface area contributed by atoms with Crippen molar-refractivity contribution >= 4 is 16.9 Å². The maximum atomic E-state index is 5.49. The Labute approximate surface area is 408 Å². The fraction of sp³-hybridized carbons (Fsp3) is 0.0781. The Kier molecular flexibility index (Phi) is 9.87. The molecule has 10 aromatic rings. The molecule has 0 amide bonds. The van der Waals surface area contributed by atoms with E-state index in [0.717, 1.165) is 61.6 Å². The molecule has 0 N–H and O–H groups in total. The van der Waals surface area contributed by atoms with Gasteiger partial charge in [0.25, 0.3) is 0 Å². The van der Waals surface area contributed by atoms with Crippen molar-refractivity contribution in [2.24, 2.45) is 0 Å². The first kappa shape index (κ1) is 41.3. The van der Waals surface area contributed by atoms with Crippen molar-refractivity contribution in [1.82, 2.24) is 24.9 Å². The van der Waals surface area contributed by atoms with Crippen LogP contribution in [0.3, 0.4) is 0 Å². The highest BCUT2D eigenvalue weighted by Crippen LogP contribution is 2.56. The van der Waals surface area contributed by atoms with Gasteiger partial charge in [-0.1, -0.05) is 220 Å². The van der Waals surface area contributed by atoms with Gasteiger partial charge in [0, 0.05) is 61.7 Å². The van der Waals surface area contributed by atoms with E-state index in [2.05, 4.69) is 213 Å². The number of hydrogen-bond acceptors (Lipinski definition) is 6. The van der Waals surface area contributed by atoms with Crippen LogP contribution in [-0.2, 0) is 5.41 Å². The molecule has 0 fully saturated rings. The lowest BCUT2D eigenvalue weighted by atomic mass is 9.81. The zero-order chi connectivity index (χ0) is 46.8. The van der Waals surface area contributed by atoms with Crippen LogP contribution in [0.4, 0.5) is 11.4 Å². The van der Waals surface area contributed by atoms with E-state index in [1.807, 2.05) is 36.4 Å². The van der Waals surface area contributed by atoms with Crippen molar-refractivity contribution in [2.45, 2.75) is 31.2 Å².